The molecule has 3 aromatic rings. The van der Waals surface area contributed by atoms with E-state index < -0.39 is 6.09 Å². The maximum atomic E-state index is 12.1. The van der Waals surface area contributed by atoms with Crippen LogP contribution in [0, 0.1) is 0 Å². The van der Waals surface area contributed by atoms with Crippen LogP contribution in [0.15, 0.2) is 59.0 Å². The van der Waals surface area contributed by atoms with Gasteiger partial charge in [-0.2, -0.15) is 0 Å². The van der Waals surface area contributed by atoms with E-state index in [9.17, 15) is 9.59 Å². The molecule has 1 aromatic heterocycles. The van der Waals surface area contributed by atoms with Crippen molar-refractivity contribution in [3.63, 3.8) is 0 Å². The van der Waals surface area contributed by atoms with Crippen LogP contribution in [0.4, 0.5) is 16.2 Å². The predicted molar refractivity (Wildman–Crippen MR) is 82.3 cm³/mol. The van der Waals surface area contributed by atoms with Crippen molar-refractivity contribution < 1.29 is 19.1 Å². The molecule has 0 spiro atoms. The highest BCUT2D eigenvalue weighted by Gasteiger charge is 2.12. The van der Waals surface area contributed by atoms with Crippen molar-refractivity contribution in [3.8, 4) is 0 Å². The lowest BCUT2D eigenvalue weighted by atomic mass is 10.2. The van der Waals surface area contributed by atoms with Gasteiger partial charge in [0.25, 0.3) is 5.91 Å². The number of hydrogen-bond acceptors (Lipinski definition) is 3. The third-order valence-corrected chi connectivity index (χ3v) is 3.04. The molecule has 0 atom stereocenters. The van der Waals surface area contributed by atoms with Crippen LogP contribution in [0.25, 0.3) is 11.0 Å². The van der Waals surface area contributed by atoms with E-state index in [1.165, 1.54) is 0 Å². The molecule has 0 saturated heterocycles. The van der Waals surface area contributed by atoms with Gasteiger partial charge >= 0.3 is 6.09 Å². The maximum Gasteiger partial charge on any atom is 0.409 e. The first-order valence-corrected chi connectivity index (χ1v) is 6.52. The molecule has 0 unspecified atom stereocenters. The van der Waals surface area contributed by atoms with E-state index >= 15 is 0 Å². The zero-order chi connectivity index (χ0) is 15.5. The number of amides is 2. The molecule has 0 aliphatic rings. The van der Waals surface area contributed by atoms with Gasteiger partial charge < -0.3 is 14.8 Å². The van der Waals surface area contributed by atoms with Crippen molar-refractivity contribution in [2.24, 2.45) is 0 Å². The van der Waals surface area contributed by atoms with Crippen LogP contribution in [-0.2, 0) is 0 Å². The SMILES string of the molecule is O=C(O)Nc1ccc(NC(=O)c2cc3ccccc3o2)cc1. The topological polar surface area (TPSA) is 91.6 Å². The first-order chi connectivity index (χ1) is 10.6. The van der Waals surface area contributed by atoms with E-state index in [1.54, 1.807) is 36.4 Å². The molecule has 3 rings (SSSR count). The Kier molecular flexibility index (Phi) is 3.49. The smallest absolute Gasteiger partial charge is 0.409 e. The van der Waals surface area contributed by atoms with Crippen molar-refractivity contribution >= 4 is 34.3 Å². The Morgan fingerprint density at radius 1 is 0.909 bits per heavy atom. The number of rotatable bonds is 3. The Balaban J connectivity index is 1.74. The van der Waals surface area contributed by atoms with Crippen molar-refractivity contribution in [1.29, 1.82) is 0 Å². The second kappa shape index (κ2) is 5.61. The molecule has 1 heterocycles. The van der Waals surface area contributed by atoms with E-state index in [2.05, 4.69) is 10.6 Å². The van der Waals surface area contributed by atoms with E-state index in [0.29, 0.717) is 17.0 Å². The van der Waals surface area contributed by atoms with Gasteiger partial charge in [-0.1, -0.05) is 18.2 Å². The van der Waals surface area contributed by atoms with Crippen molar-refractivity contribution in [3.05, 3.63) is 60.4 Å². The van der Waals surface area contributed by atoms with Crippen LogP contribution < -0.4 is 10.6 Å². The van der Waals surface area contributed by atoms with Gasteiger partial charge in [0.2, 0.25) is 0 Å². The summed E-state index contributed by atoms with van der Waals surface area (Å²) in [5.74, 6) is -0.149. The van der Waals surface area contributed by atoms with Crippen LogP contribution in [0.1, 0.15) is 10.6 Å². The summed E-state index contributed by atoms with van der Waals surface area (Å²) in [7, 11) is 0. The van der Waals surface area contributed by atoms with Crippen LogP contribution >= 0.6 is 0 Å². The van der Waals surface area contributed by atoms with Crippen LogP contribution in [0.3, 0.4) is 0 Å². The van der Waals surface area contributed by atoms with E-state index in [0.717, 1.165) is 5.39 Å². The minimum atomic E-state index is -1.14. The van der Waals surface area contributed by atoms with Crippen molar-refractivity contribution in [2.45, 2.75) is 0 Å². The fourth-order valence-corrected chi connectivity index (χ4v) is 2.05. The van der Waals surface area contributed by atoms with E-state index in [1.807, 2.05) is 18.2 Å². The number of furan rings is 1. The van der Waals surface area contributed by atoms with Crippen LogP contribution in [-0.4, -0.2) is 17.1 Å². The fourth-order valence-electron chi connectivity index (χ4n) is 2.05. The van der Waals surface area contributed by atoms with Crippen molar-refractivity contribution in [2.75, 3.05) is 10.6 Å². The summed E-state index contributed by atoms with van der Waals surface area (Å²) in [5.41, 5.74) is 1.62. The summed E-state index contributed by atoms with van der Waals surface area (Å²) < 4.78 is 5.48. The number of carboxylic acid groups (broad SMARTS) is 1. The second-order valence-corrected chi connectivity index (χ2v) is 4.61. The van der Waals surface area contributed by atoms with E-state index in [4.69, 9.17) is 9.52 Å². The third kappa shape index (κ3) is 2.90. The monoisotopic (exact) mass is 296 g/mol. The standard InChI is InChI=1S/C16H12N2O4/c19-15(14-9-10-3-1-2-4-13(10)22-14)17-11-5-7-12(8-6-11)18-16(20)21/h1-9,18H,(H,17,19)(H,20,21). The zero-order valence-corrected chi connectivity index (χ0v) is 11.4. The number of hydrogen-bond donors (Lipinski definition) is 3. The molecule has 3 N–H and O–H groups in total. The molecule has 0 bridgehead atoms. The molecule has 0 fully saturated rings. The number of anilines is 2. The molecule has 22 heavy (non-hydrogen) atoms. The summed E-state index contributed by atoms with van der Waals surface area (Å²) in [6, 6.07) is 15.4. The molecule has 110 valence electrons. The minimum absolute atomic E-state index is 0.217. The lowest BCUT2D eigenvalue weighted by Gasteiger charge is -2.05. The van der Waals surface area contributed by atoms with Gasteiger partial charge in [0, 0.05) is 16.8 Å². The average molecular weight is 296 g/mol. The normalized spacial score (nSPS) is 10.4. The molecule has 0 aliphatic carbocycles. The molecule has 0 saturated carbocycles. The molecule has 6 heteroatoms. The number of carbonyl (C=O) groups excluding carboxylic acids is 1. The summed E-state index contributed by atoms with van der Waals surface area (Å²) in [5, 5.41) is 14.4. The Morgan fingerprint density at radius 2 is 1.55 bits per heavy atom. The van der Waals surface area contributed by atoms with Crippen LogP contribution in [0.2, 0.25) is 0 Å². The molecule has 0 aliphatic heterocycles. The lowest BCUT2D eigenvalue weighted by Crippen LogP contribution is -2.11. The summed E-state index contributed by atoms with van der Waals surface area (Å²) in [4.78, 5) is 22.6. The van der Waals surface area contributed by atoms with Gasteiger partial charge in [-0.25, -0.2) is 4.79 Å². The van der Waals surface area contributed by atoms with Crippen molar-refractivity contribution in [1.82, 2.24) is 0 Å². The second-order valence-electron chi connectivity index (χ2n) is 4.61. The van der Waals surface area contributed by atoms with E-state index in [-0.39, 0.29) is 11.7 Å². The maximum absolute atomic E-state index is 12.1. The fraction of sp³-hybridized carbons (Fsp3) is 0. The number of carbonyl (C=O) groups is 2. The third-order valence-electron chi connectivity index (χ3n) is 3.04. The number of para-hydroxylation sites is 1. The Labute approximate surface area is 125 Å². The molecule has 2 amide bonds. The predicted octanol–water partition coefficient (Wildman–Crippen LogP) is 3.78. The van der Waals surface area contributed by atoms with Gasteiger partial charge in [-0.05, 0) is 36.4 Å². The van der Waals surface area contributed by atoms with Gasteiger partial charge in [-0.3, -0.25) is 10.1 Å². The largest absolute Gasteiger partial charge is 0.465 e. The summed E-state index contributed by atoms with van der Waals surface area (Å²) in [6.07, 6.45) is -1.14. The Bertz CT molecular complexity index is 804. The highest BCUT2D eigenvalue weighted by atomic mass is 16.4. The number of fused-ring (bicyclic) bond motifs is 1. The number of benzene rings is 2. The van der Waals surface area contributed by atoms with Gasteiger partial charge in [0.1, 0.15) is 5.58 Å². The zero-order valence-electron chi connectivity index (χ0n) is 11.4. The molecule has 2 aromatic carbocycles. The van der Waals surface area contributed by atoms with Crippen LogP contribution in [0.5, 0.6) is 0 Å². The van der Waals surface area contributed by atoms with Gasteiger partial charge in [0.15, 0.2) is 5.76 Å². The molecular formula is C16H12N2O4. The minimum Gasteiger partial charge on any atom is -0.465 e. The summed E-state index contributed by atoms with van der Waals surface area (Å²) >= 11 is 0. The molecular weight excluding hydrogens is 284 g/mol. The highest BCUT2D eigenvalue weighted by molar-refractivity contribution is 6.04. The van der Waals surface area contributed by atoms with Gasteiger partial charge in [-0.15, -0.1) is 0 Å². The quantitative estimate of drug-likeness (QED) is 0.686. The van der Waals surface area contributed by atoms with Gasteiger partial charge in [0.05, 0.1) is 0 Å². The Hall–Kier alpha value is -3.28. The number of nitrogens with one attached hydrogen (secondary N) is 2. The first kappa shape index (κ1) is 13.7. The molecule has 6 nitrogen and oxygen atoms in total. The first-order valence-electron chi connectivity index (χ1n) is 6.52. The Morgan fingerprint density at radius 3 is 2.18 bits per heavy atom. The summed E-state index contributed by atoms with van der Waals surface area (Å²) in [6.45, 7) is 0. The highest BCUT2D eigenvalue weighted by Crippen LogP contribution is 2.20. The average Bonchev–Trinajstić information content (AvgIpc) is 2.93. The lowest BCUT2D eigenvalue weighted by molar-refractivity contribution is 0.0998. The molecule has 0 radical (unpaired) electrons.